The second kappa shape index (κ2) is 10.7. The maximum Gasteiger partial charge on any atom is 0.142 e. The van der Waals surface area contributed by atoms with Crippen LogP contribution < -0.4 is 14.4 Å². The summed E-state index contributed by atoms with van der Waals surface area (Å²) in [6.07, 6.45) is 0.460. The minimum Gasteiger partial charge on any atom is -0.495 e. The molecule has 1 aliphatic rings. The molecule has 0 bridgehead atoms. The first-order chi connectivity index (χ1) is 15.6. The lowest BCUT2D eigenvalue weighted by atomic mass is 10.1. The van der Waals surface area contributed by atoms with Gasteiger partial charge in [-0.3, -0.25) is 4.90 Å². The van der Waals surface area contributed by atoms with Crippen LogP contribution in [0.1, 0.15) is 18.1 Å². The van der Waals surface area contributed by atoms with Crippen molar-refractivity contribution in [2.24, 2.45) is 0 Å². The number of halogens is 2. The number of anilines is 1. The molecule has 168 valence electrons. The van der Waals surface area contributed by atoms with Crippen molar-refractivity contribution in [1.29, 1.82) is 0 Å². The first-order valence-corrected chi connectivity index (χ1v) is 11.3. The van der Waals surface area contributed by atoms with Crippen molar-refractivity contribution in [2.45, 2.75) is 12.5 Å². The van der Waals surface area contributed by atoms with Gasteiger partial charge in [0.2, 0.25) is 0 Å². The topological polar surface area (TPSA) is 24.9 Å². The third-order valence-electron chi connectivity index (χ3n) is 5.83. The van der Waals surface area contributed by atoms with Gasteiger partial charge in [0.1, 0.15) is 23.4 Å². The van der Waals surface area contributed by atoms with Crippen molar-refractivity contribution in [1.82, 2.24) is 4.90 Å². The van der Waals surface area contributed by atoms with Crippen LogP contribution in [-0.4, -0.2) is 44.7 Å². The van der Waals surface area contributed by atoms with Crippen LogP contribution in [-0.2, 0) is 0 Å². The summed E-state index contributed by atoms with van der Waals surface area (Å²) in [6, 6.07) is 22.2. The molecule has 0 amide bonds. The molecule has 0 N–H and O–H groups in total. The Kier molecular flexibility index (Phi) is 7.51. The Bertz CT molecular complexity index is 1020. The molecule has 0 radical (unpaired) electrons. The smallest absolute Gasteiger partial charge is 0.142 e. The third kappa shape index (κ3) is 5.53. The molecule has 6 heteroatoms. The molecule has 4 nitrogen and oxygen atoms in total. The quantitative estimate of drug-likeness (QED) is 0.428. The number of piperazine rings is 1. The fraction of sp³-hybridized carbons (Fsp3) is 0.308. The Hall–Kier alpha value is -2.76. The third-order valence-corrected chi connectivity index (χ3v) is 6.14. The summed E-state index contributed by atoms with van der Waals surface area (Å²) < 4.78 is 25.7. The van der Waals surface area contributed by atoms with Crippen molar-refractivity contribution in [3.63, 3.8) is 0 Å². The number of rotatable bonds is 8. The van der Waals surface area contributed by atoms with Gasteiger partial charge in [0.05, 0.1) is 17.8 Å². The van der Waals surface area contributed by atoms with E-state index in [-0.39, 0.29) is 11.9 Å². The van der Waals surface area contributed by atoms with Gasteiger partial charge in [0.15, 0.2) is 0 Å². The Morgan fingerprint density at radius 3 is 2.34 bits per heavy atom. The normalized spacial score (nSPS) is 15.4. The Balaban J connectivity index is 1.40. The van der Waals surface area contributed by atoms with Crippen LogP contribution in [0.15, 0.2) is 72.8 Å². The fourth-order valence-electron chi connectivity index (χ4n) is 4.10. The van der Waals surface area contributed by atoms with Gasteiger partial charge in [-0.2, -0.15) is 0 Å². The van der Waals surface area contributed by atoms with Crippen molar-refractivity contribution in [3.05, 3.63) is 89.2 Å². The first-order valence-electron chi connectivity index (χ1n) is 10.9. The van der Waals surface area contributed by atoms with E-state index in [0.29, 0.717) is 10.8 Å². The SMILES string of the molecule is COc1ccccc1N1CCN(CC[C@@H](Oc2ccccc2Cl)c2cccc(F)c2)CC1. The number of ether oxygens (including phenoxy) is 2. The van der Waals surface area contributed by atoms with E-state index < -0.39 is 0 Å². The molecule has 3 aromatic rings. The van der Waals surface area contributed by atoms with Crippen LogP contribution in [0.4, 0.5) is 10.1 Å². The minimum atomic E-state index is -0.280. The molecule has 1 saturated heterocycles. The average Bonchev–Trinajstić information content (AvgIpc) is 2.83. The lowest BCUT2D eigenvalue weighted by Crippen LogP contribution is -2.47. The van der Waals surface area contributed by atoms with Crippen LogP contribution in [0.5, 0.6) is 11.5 Å². The number of para-hydroxylation sites is 3. The summed E-state index contributed by atoms with van der Waals surface area (Å²) in [7, 11) is 1.71. The van der Waals surface area contributed by atoms with Crippen molar-refractivity contribution in [2.75, 3.05) is 44.7 Å². The maximum atomic E-state index is 13.9. The Labute approximate surface area is 194 Å². The highest BCUT2D eigenvalue weighted by Gasteiger charge is 2.22. The van der Waals surface area contributed by atoms with E-state index in [4.69, 9.17) is 21.1 Å². The van der Waals surface area contributed by atoms with E-state index in [0.717, 1.165) is 56.1 Å². The predicted molar refractivity (Wildman–Crippen MR) is 127 cm³/mol. The average molecular weight is 455 g/mol. The zero-order chi connectivity index (χ0) is 22.3. The molecular formula is C26H28ClFN2O2. The second-order valence-corrected chi connectivity index (χ2v) is 8.29. The molecule has 0 aromatic heterocycles. The Morgan fingerprint density at radius 1 is 0.906 bits per heavy atom. The number of nitrogens with zero attached hydrogens (tertiary/aromatic N) is 2. The molecule has 1 fully saturated rings. The van der Waals surface area contributed by atoms with E-state index in [1.165, 1.54) is 6.07 Å². The largest absolute Gasteiger partial charge is 0.495 e. The Morgan fingerprint density at radius 2 is 1.62 bits per heavy atom. The van der Waals surface area contributed by atoms with Crippen molar-refractivity contribution in [3.8, 4) is 11.5 Å². The predicted octanol–water partition coefficient (Wildman–Crippen LogP) is 5.82. The zero-order valence-corrected chi connectivity index (χ0v) is 19.0. The summed E-state index contributed by atoms with van der Waals surface area (Å²) in [6.45, 7) is 4.60. The van der Waals surface area contributed by atoms with E-state index in [1.54, 1.807) is 25.3 Å². The molecule has 0 saturated carbocycles. The molecule has 4 rings (SSSR count). The van der Waals surface area contributed by atoms with Crippen LogP contribution in [0.25, 0.3) is 0 Å². The number of hydrogen-bond acceptors (Lipinski definition) is 4. The molecule has 0 unspecified atom stereocenters. The lowest BCUT2D eigenvalue weighted by Gasteiger charge is -2.37. The van der Waals surface area contributed by atoms with Gasteiger partial charge >= 0.3 is 0 Å². The van der Waals surface area contributed by atoms with Gasteiger partial charge in [-0.25, -0.2) is 4.39 Å². The van der Waals surface area contributed by atoms with Crippen molar-refractivity contribution >= 4 is 17.3 Å². The summed E-state index contributed by atoms with van der Waals surface area (Å²) in [5.74, 6) is 1.25. The summed E-state index contributed by atoms with van der Waals surface area (Å²) in [5.41, 5.74) is 1.95. The van der Waals surface area contributed by atoms with E-state index in [1.807, 2.05) is 42.5 Å². The van der Waals surface area contributed by atoms with Crippen LogP contribution in [0.3, 0.4) is 0 Å². The second-order valence-electron chi connectivity index (χ2n) is 7.88. The molecule has 1 heterocycles. The standard InChI is InChI=1S/C26H28ClFN2O2/c1-31-26-12-5-3-10-23(26)30-17-15-29(16-18-30)14-13-24(20-7-6-8-21(28)19-20)32-25-11-4-2-9-22(25)27/h2-12,19,24H,13-18H2,1H3/t24-/m1/s1. The molecule has 0 aliphatic carbocycles. The van der Waals surface area contributed by atoms with Gasteiger partial charge in [-0.1, -0.05) is 48.0 Å². The summed E-state index contributed by atoms with van der Waals surface area (Å²) in [4.78, 5) is 4.79. The monoisotopic (exact) mass is 454 g/mol. The fourth-order valence-corrected chi connectivity index (χ4v) is 4.28. The number of methoxy groups -OCH3 is 1. The molecular weight excluding hydrogens is 427 g/mol. The van der Waals surface area contributed by atoms with Crippen molar-refractivity contribution < 1.29 is 13.9 Å². The number of hydrogen-bond donors (Lipinski definition) is 0. The maximum absolute atomic E-state index is 13.9. The van der Waals surface area contributed by atoms with Gasteiger partial charge in [0.25, 0.3) is 0 Å². The minimum absolute atomic E-state index is 0.263. The molecule has 32 heavy (non-hydrogen) atoms. The first kappa shape index (κ1) is 22.4. The van der Waals surface area contributed by atoms with Gasteiger partial charge in [-0.15, -0.1) is 0 Å². The number of benzene rings is 3. The van der Waals surface area contributed by atoms with Crippen LogP contribution in [0, 0.1) is 5.82 Å². The highest BCUT2D eigenvalue weighted by atomic mass is 35.5. The van der Waals surface area contributed by atoms with E-state index in [2.05, 4.69) is 15.9 Å². The lowest BCUT2D eigenvalue weighted by molar-refractivity contribution is 0.160. The van der Waals surface area contributed by atoms with Crippen LogP contribution in [0.2, 0.25) is 5.02 Å². The van der Waals surface area contributed by atoms with Gasteiger partial charge < -0.3 is 14.4 Å². The highest BCUT2D eigenvalue weighted by molar-refractivity contribution is 6.32. The molecule has 3 aromatic carbocycles. The molecule has 1 aliphatic heterocycles. The molecule has 0 spiro atoms. The summed E-state index contributed by atoms with van der Waals surface area (Å²) >= 11 is 6.31. The highest BCUT2D eigenvalue weighted by Crippen LogP contribution is 2.32. The van der Waals surface area contributed by atoms with E-state index >= 15 is 0 Å². The van der Waals surface area contributed by atoms with Gasteiger partial charge in [-0.05, 0) is 42.0 Å². The molecule has 1 atom stereocenters. The zero-order valence-electron chi connectivity index (χ0n) is 18.2. The van der Waals surface area contributed by atoms with E-state index in [9.17, 15) is 4.39 Å². The van der Waals surface area contributed by atoms with Gasteiger partial charge in [0, 0.05) is 39.1 Å². The summed E-state index contributed by atoms with van der Waals surface area (Å²) in [5, 5.41) is 0.555. The van der Waals surface area contributed by atoms with Crippen LogP contribution >= 0.6 is 11.6 Å².